The van der Waals surface area contributed by atoms with Crippen molar-refractivity contribution in [3.8, 4) is 11.3 Å². The quantitative estimate of drug-likeness (QED) is 0.762. The first-order valence-electron chi connectivity index (χ1n) is 6.70. The first kappa shape index (κ1) is 15.5. The predicted molar refractivity (Wildman–Crippen MR) is 86.1 cm³/mol. The van der Waals surface area contributed by atoms with Gasteiger partial charge in [0.25, 0.3) is 0 Å². The van der Waals surface area contributed by atoms with Crippen LogP contribution in [0.5, 0.6) is 0 Å². The Kier molecular flexibility index (Phi) is 5.64. The Morgan fingerprint density at radius 3 is 2.90 bits per heavy atom. The van der Waals surface area contributed by atoms with Crippen LogP contribution in [-0.2, 0) is 6.42 Å². The maximum atomic E-state index is 6.21. The van der Waals surface area contributed by atoms with Crippen LogP contribution in [0.15, 0.2) is 33.3 Å². The van der Waals surface area contributed by atoms with Crippen LogP contribution in [0.25, 0.3) is 11.3 Å². The van der Waals surface area contributed by atoms with E-state index in [1.165, 1.54) is 0 Å². The fraction of sp³-hybridized carbons (Fsp3) is 0.400. The number of benzene rings is 1. The lowest BCUT2D eigenvalue weighted by Gasteiger charge is -2.06. The molecule has 0 spiro atoms. The van der Waals surface area contributed by atoms with Crippen LogP contribution in [0.4, 0.5) is 0 Å². The zero-order chi connectivity index (χ0) is 14.5. The SMILES string of the molecule is CC(C)NCCCc1ncc(-c2ccc(Br)cc2Cl)o1. The number of aromatic nitrogens is 1. The van der Waals surface area contributed by atoms with E-state index in [4.69, 9.17) is 16.0 Å². The minimum atomic E-state index is 0.511. The van der Waals surface area contributed by atoms with E-state index in [0.29, 0.717) is 16.8 Å². The van der Waals surface area contributed by atoms with Gasteiger partial charge in [-0.25, -0.2) is 4.98 Å². The molecule has 108 valence electrons. The number of nitrogens with one attached hydrogen (secondary N) is 1. The maximum Gasteiger partial charge on any atom is 0.194 e. The predicted octanol–water partition coefficient (Wildman–Crippen LogP) is 4.69. The monoisotopic (exact) mass is 356 g/mol. The van der Waals surface area contributed by atoms with Gasteiger partial charge in [-0.15, -0.1) is 0 Å². The van der Waals surface area contributed by atoms with Gasteiger partial charge in [0, 0.05) is 22.5 Å². The van der Waals surface area contributed by atoms with Crippen molar-refractivity contribution in [2.75, 3.05) is 6.54 Å². The minimum absolute atomic E-state index is 0.511. The molecule has 1 N–H and O–H groups in total. The number of hydrogen-bond acceptors (Lipinski definition) is 3. The summed E-state index contributed by atoms with van der Waals surface area (Å²) in [7, 11) is 0. The van der Waals surface area contributed by atoms with Gasteiger partial charge in [0.1, 0.15) is 0 Å². The molecule has 0 aliphatic carbocycles. The van der Waals surface area contributed by atoms with E-state index in [2.05, 4.69) is 40.1 Å². The average Bonchev–Trinajstić information content (AvgIpc) is 2.83. The van der Waals surface area contributed by atoms with Crippen molar-refractivity contribution in [2.24, 2.45) is 0 Å². The Bertz CT molecular complexity index is 569. The number of rotatable bonds is 6. The number of halogens is 2. The Morgan fingerprint density at radius 2 is 2.20 bits per heavy atom. The minimum Gasteiger partial charge on any atom is -0.441 e. The zero-order valence-corrected chi connectivity index (χ0v) is 14.0. The average molecular weight is 358 g/mol. The molecule has 1 aromatic carbocycles. The van der Waals surface area contributed by atoms with Crippen molar-refractivity contribution >= 4 is 27.5 Å². The standard InChI is InChI=1S/C15H18BrClN2O/c1-10(2)18-7-3-4-15-19-9-14(20-15)12-6-5-11(16)8-13(12)17/h5-6,8-10,18H,3-4,7H2,1-2H3. The highest BCUT2D eigenvalue weighted by atomic mass is 79.9. The van der Waals surface area contributed by atoms with E-state index in [9.17, 15) is 0 Å². The molecule has 0 radical (unpaired) electrons. The molecule has 0 saturated heterocycles. The molecule has 0 bridgehead atoms. The first-order chi connectivity index (χ1) is 9.56. The molecule has 0 unspecified atom stereocenters. The van der Waals surface area contributed by atoms with Crippen LogP contribution in [0.2, 0.25) is 5.02 Å². The number of nitrogens with zero attached hydrogens (tertiary/aromatic N) is 1. The van der Waals surface area contributed by atoms with Crippen molar-refractivity contribution in [1.29, 1.82) is 0 Å². The van der Waals surface area contributed by atoms with E-state index >= 15 is 0 Å². The molecular formula is C15H18BrClN2O. The molecular weight excluding hydrogens is 340 g/mol. The zero-order valence-electron chi connectivity index (χ0n) is 11.6. The van der Waals surface area contributed by atoms with E-state index in [1.54, 1.807) is 6.20 Å². The van der Waals surface area contributed by atoms with Crippen molar-refractivity contribution in [2.45, 2.75) is 32.7 Å². The highest BCUT2D eigenvalue weighted by Gasteiger charge is 2.10. The van der Waals surface area contributed by atoms with E-state index in [0.717, 1.165) is 35.3 Å². The van der Waals surface area contributed by atoms with Gasteiger partial charge in [-0.05, 0) is 31.2 Å². The van der Waals surface area contributed by atoms with Crippen molar-refractivity contribution in [1.82, 2.24) is 10.3 Å². The number of hydrogen-bond donors (Lipinski definition) is 1. The third kappa shape index (κ3) is 4.33. The van der Waals surface area contributed by atoms with Gasteiger partial charge in [0.05, 0.1) is 11.2 Å². The van der Waals surface area contributed by atoms with Crippen LogP contribution < -0.4 is 5.32 Å². The summed E-state index contributed by atoms with van der Waals surface area (Å²) in [4.78, 5) is 4.31. The third-order valence-corrected chi connectivity index (χ3v) is 3.68. The molecule has 3 nitrogen and oxygen atoms in total. The lowest BCUT2D eigenvalue weighted by atomic mass is 10.2. The van der Waals surface area contributed by atoms with Crippen LogP contribution in [-0.4, -0.2) is 17.6 Å². The van der Waals surface area contributed by atoms with Gasteiger partial charge in [0.2, 0.25) is 0 Å². The number of oxazole rings is 1. The summed E-state index contributed by atoms with van der Waals surface area (Å²) in [5.74, 6) is 1.47. The van der Waals surface area contributed by atoms with Crippen LogP contribution >= 0.6 is 27.5 Å². The Labute approximate surface area is 132 Å². The fourth-order valence-corrected chi connectivity index (χ4v) is 2.64. The maximum absolute atomic E-state index is 6.21. The summed E-state index contributed by atoms with van der Waals surface area (Å²) >= 11 is 9.60. The summed E-state index contributed by atoms with van der Waals surface area (Å²) in [6.45, 7) is 5.24. The molecule has 20 heavy (non-hydrogen) atoms. The van der Waals surface area contributed by atoms with E-state index < -0.39 is 0 Å². The molecule has 1 heterocycles. The van der Waals surface area contributed by atoms with Gasteiger partial charge in [-0.2, -0.15) is 0 Å². The van der Waals surface area contributed by atoms with Gasteiger partial charge in [0.15, 0.2) is 11.7 Å². The van der Waals surface area contributed by atoms with Crippen LogP contribution in [0.1, 0.15) is 26.2 Å². The van der Waals surface area contributed by atoms with Gasteiger partial charge in [-0.1, -0.05) is 41.4 Å². The molecule has 0 saturated carbocycles. The summed E-state index contributed by atoms with van der Waals surface area (Å²) in [5.41, 5.74) is 0.869. The lowest BCUT2D eigenvalue weighted by Crippen LogP contribution is -2.23. The topological polar surface area (TPSA) is 38.1 Å². The van der Waals surface area contributed by atoms with Crippen LogP contribution in [0, 0.1) is 0 Å². The smallest absolute Gasteiger partial charge is 0.194 e. The number of aryl methyl sites for hydroxylation is 1. The molecule has 0 aliphatic heterocycles. The van der Waals surface area contributed by atoms with Gasteiger partial charge in [-0.3, -0.25) is 0 Å². The molecule has 2 aromatic rings. The van der Waals surface area contributed by atoms with E-state index in [1.807, 2.05) is 18.2 Å². The molecule has 2 rings (SSSR count). The largest absolute Gasteiger partial charge is 0.441 e. The summed E-state index contributed by atoms with van der Waals surface area (Å²) in [6.07, 6.45) is 3.57. The third-order valence-electron chi connectivity index (χ3n) is 2.87. The highest BCUT2D eigenvalue weighted by molar-refractivity contribution is 9.10. The normalized spacial score (nSPS) is 11.2. The van der Waals surface area contributed by atoms with Gasteiger partial charge < -0.3 is 9.73 Å². The van der Waals surface area contributed by atoms with E-state index in [-0.39, 0.29) is 0 Å². The Hall–Kier alpha value is -0.840. The summed E-state index contributed by atoms with van der Waals surface area (Å²) in [6, 6.07) is 6.23. The lowest BCUT2D eigenvalue weighted by molar-refractivity contribution is 0.484. The summed E-state index contributed by atoms with van der Waals surface area (Å²) in [5, 5.41) is 4.03. The van der Waals surface area contributed by atoms with Crippen molar-refractivity contribution < 1.29 is 4.42 Å². The van der Waals surface area contributed by atoms with Crippen molar-refractivity contribution in [3.05, 3.63) is 39.8 Å². The Balaban J connectivity index is 1.98. The van der Waals surface area contributed by atoms with Gasteiger partial charge >= 0.3 is 0 Å². The first-order valence-corrected chi connectivity index (χ1v) is 7.87. The second-order valence-electron chi connectivity index (χ2n) is 4.95. The van der Waals surface area contributed by atoms with Crippen molar-refractivity contribution in [3.63, 3.8) is 0 Å². The fourth-order valence-electron chi connectivity index (χ4n) is 1.87. The highest BCUT2D eigenvalue weighted by Crippen LogP contribution is 2.30. The Morgan fingerprint density at radius 1 is 1.40 bits per heavy atom. The summed E-state index contributed by atoms with van der Waals surface area (Å²) < 4.78 is 6.71. The second-order valence-corrected chi connectivity index (χ2v) is 6.28. The molecule has 5 heteroatoms. The molecule has 0 amide bonds. The molecule has 0 fully saturated rings. The molecule has 0 atom stereocenters. The molecule has 1 aromatic heterocycles. The molecule has 0 aliphatic rings. The second kappa shape index (κ2) is 7.25. The van der Waals surface area contributed by atoms with Crippen LogP contribution in [0.3, 0.4) is 0 Å².